The number of benzene rings is 1. The third kappa shape index (κ3) is 3.03. The number of non-ortho nitro benzene ring substituents is 1. The number of nitro groups is 1. The minimum absolute atomic E-state index is 0.0388. The van der Waals surface area contributed by atoms with Gasteiger partial charge >= 0.3 is 0 Å². The molecule has 0 saturated heterocycles. The van der Waals surface area contributed by atoms with Crippen LogP contribution in [0.3, 0.4) is 0 Å². The number of amides is 1. The predicted molar refractivity (Wildman–Crippen MR) is 64.9 cm³/mol. The van der Waals surface area contributed by atoms with E-state index in [0.29, 0.717) is 5.69 Å². The maximum Gasteiger partial charge on any atom is 0.271 e. The molecule has 1 atom stereocenters. The first-order valence-corrected chi connectivity index (χ1v) is 5.53. The SMILES string of the molecule is Cc1ccc([N+](=O)[O-])cc1NC(=O)C(C)Br. The molecule has 0 radical (unpaired) electrons. The van der Waals surface area contributed by atoms with Crippen LogP contribution in [-0.4, -0.2) is 15.7 Å². The molecule has 0 saturated carbocycles. The summed E-state index contributed by atoms with van der Waals surface area (Å²) in [6.07, 6.45) is 0. The fourth-order valence-corrected chi connectivity index (χ4v) is 1.20. The van der Waals surface area contributed by atoms with Crippen LogP contribution in [0.15, 0.2) is 18.2 Å². The minimum atomic E-state index is -0.493. The lowest BCUT2D eigenvalue weighted by molar-refractivity contribution is -0.384. The van der Waals surface area contributed by atoms with Crippen LogP contribution >= 0.6 is 15.9 Å². The summed E-state index contributed by atoms with van der Waals surface area (Å²) in [5, 5.41) is 13.2. The lowest BCUT2D eigenvalue weighted by Crippen LogP contribution is -2.20. The number of nitro benzene ring substituents is 1. The summed E-state index contributed by atoms with van der Waals surface area (Å²) in [7, 11) is 0. The maximum atomic E-state index is 11.4. The van der Waals surface area contributed by atoms with Gasteiger partial charge in [-0.15, -0.1) is 0 Å². The molecular weight excluding hydrogens is 276 g/mol. The zero-order valence-electron chi connectivity index (χ0n) is 8.86. The first-order valence-electron chi connectivity index (χ1n) is 4.62. The van der Waals surface area contributed by atoms with Gasteiger partial charge in [-0.1, -0.05) is 22.0 Å². The van der Waals surface area contributed by atoms with Gasteiger partial charge in [0.1, 0.15) is 0 Å². The number of anilines is 1. The molecule has 0 spiro atoms. The van der Waals surface area contributed by atoms with Gasteiger partial charge in [0.15, 0.2) is 0 Å². The Hall–Kier alpha value is -1.43. The van der Waals surface area contributed by atoms with Gasteiger partial charge in [-0.3, -0.25) is 14.9 Å². The van der Waals surface area contributed by atoms with Gasteiger partial charge < -0.3 is 5.32 Å². The molecule has 5 nitrogen and oxygen atoms in total. The third-order valence-corrected chi connectivity index (χ3v) is 2.47. The Labute approximate surface area is 101 Å². The van der Waals surface area contributed by atoms with E-state index >= 15 is 0 Å². The van der Waals surface area contributed by atoms with Gasteiger partial charge in [-0.25, -0.2) is 0 Å². The first kappa shape index (κ1) is 12.6. The van der Waals surface area contributed by atoms with Crippen molar-refractivity contribution in [3.8, 4) is 0 Å². The Morgan fingerprint density at radius 1 is 1.56 bits per heavy atom. The Kier molecular flexibility index (Phi) is 4.00. The van der Waals surface area contributed by atoms with Crippen molar-refractivity contribution < 1.29 is 9.72 Å². The minimum Gasteiger partial charge on any atom is -0.325 e. The zero-order chi connectivity index (χ0) is 12.3. The van der Waals surface area contributed by atoms with Crippen LogP contribution in [0, 0.1) is 17.0 Å². The molecule has 1 unspecified atom stereocenters. The van der Waals surface area contributed by atoms with Crippen LogP contribution in [0.2, 0.25) is 0 Å². The van der Waals surface area contributed by atoms with E-state index in [1.54, 1.807) is 19.9 Å². The topological polar surface area (TPSA) is 72.2 Å². The molecular formula is C10H11BrN2O3. The highest BCUT2D eigenvalue weighted by atomic mass is 79.9. The summed E-state index contributed by atoms with van der Waals surface area (Å²) in [4.78, 5) is 21.2. The van der Waals surface area contributed by atoms with E-state index in [1.165, 1.54) is 12.1 Å². The van der Waals surface area contributed by atoms with Gasteiger partial charge in [0.05, 0.1) is 15.4 Å². The van der Waals surface area contributed by atoms with E-state index in [2.05, 4.69) is 21.2 Å². The highest BCUT2D eigenvalue weighted by Crippen LogP contribution is 2.22. The van der Waals surface area contributed by atoms with Crippen LogP contribution in [0.5, 0.6) is 0 Å². The number of alkyl halides is 1. The standard InChI is InChI=1S/C10H11BrN2O3/c1-6-3-4-8(13(15)16)5-9(6)12-10(14)7(2)11/h3-5,7H,1-2H3,(H,12,14). The molecule has 1 amide bonds. The number of hydrogen-bond acceptors (Lipinski definition) is 3. The van der Waals surface area contributed by atoms with E-state index in [1.807, 2.05) is 0 Å². The Balaban J connectivity index is 2.99. The molecule has 6 heteroatoms. The number of carbonyl (C=O) groups excluding carboxylic acids is 1. The van der Waals surface area contributed by atoms with Gasteiger partial charge in [0.2, 0.25) is 5.91 Å². The molecule has 0 bridgehead atoms. The average Bonchev–Trinajstić information content (AvgIpc) is 2.20. The van der Waals surface area contributed by atoms with Crippen molar-refractivity contribution in [3.63, 3.8) is 0 Å². The van der Waals surface area contributed by atoms with E-state index < -0.39 is 4.92 Å². The van der Waals surface area contributed by atoms with E-state index in [0.717, 1.165) is 5.56 Å². The van der Waals surface area contributed by atoms with Crippen LogP contribution in [0.4, 0.5) is 11.4 Å². The molecule has 0 heterocycles. The fourth-order valence-electron chi connectivity index (χ4n) is 1.09. The molecule has 0 aliphatic rings. The van der Waals surface area contributed by atoms with Crippen molar-refractivity contribution in [2.45, 2.75) is 18.7 Å². The van der Waals surface area contributed by atoms with Crippen molar-refractivity contribution in [1.29, 1.82) is 0 Å². The summed E-state index contributed by atoms with van der Waals surface area (Å²) < 4.78 is 0. The molecule has 1 N–H and O–H groups in total. The largest absolute Gasteiger partial charge is 0.325 e. The molecule has 86 valence electrons. The van der Waals surface area contributed by atoms with Gasteiger partial charge in [0.25, 0.3) is 5.69 Å². The number of aryl methyl sites for hydroxylation is 1. The normalized spacial score (nSPS) is 11.9. The van der Waals surface area contributed by atoms with Crippen LogP contribution in [0.25, 0.3) is 0 Å². The Morgan fingerprint density at radius 3 is 2.69 bits per heavy atom. The van der Waals surface area contributed by atoms with E-state index in [4.69, 9.17) is 0 Å². The molecule has 0 aliphatic carbocycles. The number of halogens is 1. The van der Waals surface area contributed by atoms with Crippen molar-refractivity contribution in [3.05, 3.63) is 33.9 Å². The molecule has 1 aromatic carbocycles. The number of hydrogen-bond donors (Lipinski definition) is 1. The number of rotatable bonds is 3. The van der Waals surface area contributed by atoms with Crippen molar-refractivity contribution in [2.24, 2.45) is 0 Å². The summed E-state index contributed by atoms with van der Waals surface area (Å²) in [6.45, 7) is 3.46. The lowest BCUT2D eigenvalue weighted by Gasteiger charge is -2.09. The summed E-state index contributed by atoms with van der Waals surface area (Å²) in [6, 6.07) is 4.36. The first-order chi connectivity index (χ1) is 7.41. The second kappa shape index (κ2) is 5.07. The second-order valence-electron chi connectivity index (χ2n) is 3.36. The predicted octanol–water partition coefficient (Wildman–Crippen LogP) is 2.63. The highest BCUT2D eigenvalue weighted by Gasteiger charge is 2.13. The molecule has 0 fully saturated rings. The fraction of sp³-hybridized carbons (Fsp3) is 0.300. The maximum absolute atomic E-state index is 11.4. The van der Waals surface area contributed by atoms with E-state index in [9.17, 15) is 14.9 Å². The zero-order valence-corrected chi connectivity index (χ0v) is 10.4. The molecule has 16 heavy (non-hydrogen) atoms. The van der Waals surface area contributed by atoms with Crippen LogP contribution < -0.4 is 5.32 Å². The third-order valence-electron chi connectivity index (χ3n) is 2.05. The molecule has 0 aliphatic heterocycles. The summed E-state index contributed by atoms with van der Waals surface area (Å²) in [5.41, 5.74) is 1.21. The highest BCUT2D eigenvalue weighted by molar-refractivity contribution is 9.10. The average molecular weight is 287 g/mol. The van der Waals surface area contributed by atoms with Gasteiger partial charge in [0, 0.05) is 12.1 Å². The molecule has 1 rings (SSSR count). The van der Waals surface area contributed by atoms with Crippen molar-refractivity contribution in [2.75, 3.05) is 5.32 Å². The quantitative estimate of drug-likeness (QED) is 0.527. The van der Waals surface area contributed by atoms with Crippen molar-refractivity contribution >= 4 is 33.2 Å². The number of nitrogens with one attached hydrogen (secondary N) is 1. The van der Waals surface area contributed by atoms with E-state index in [-0.39, 0.29) is 16.4 Å². The summed E-state index contributed by atoms with van der Waals surface area (Å²) >= 11 is 3.12. The monoisotopic (exact) mass is 286 g/mol. The molecule has 1 aromatic rings. The van der Waals surface area contributed by atoms with Crippen LogP contribution in [0.1, 0.15) is 12.5 Å². The molecule has 0 aromatic heterocycles. The Morgan fingerprint density at radius 2 is 2.19 bits per heavy atom. The summed E-state index contributed by atoms with van der Waals surface area (Å²) in [5.74, 6) is -0.233. The van der Waals surface area contributed by atoms with Crippen molar-refractivity contribution in [1.82, 2.24) is 0 Å². The second-order valence-corrected chi connectivity index (χ2v) is 4.74. The number of carbonyl (C=O) groups is 1. The number of nitrogens with zero attached hydrogens (tertiary/aromatic N) is 1. The smallest absolute Gasteiger partial charge is 0.271 e. The van der Waals surface area contributed by atoms with Gasteiger partial charge in [-0.05, 0) is 19.4 Å². The van der Waals surface area contributed by atoms with Crippen LogP contribution in [-0.2, 0) is 4.79 Å². The Bertz CT molecular complexity index is 432. The lowest BCUT2D eigenvalue weighted by atomic mass is 10.2. The van der Waals surface area contributed by atoms with Gasteiger partial charge in [-0.2, -0.15) is 0 Å².